The summed E-state index contributed by atoms with van der Waals surface area (Å²) >= 11 is 0. The maximum Gasteiger partial charge on any atom is 0.254 e. The number of H-pyrrole nitrogens is 1. The first-order chi connectivity index (χ1) is 19.8. The van der Waals surface area contributed by atoms with E-state index in [1.54, 1.807) is 37.6 Å². The highest BCUT2D eigenvalue weighted by Gasteiger charge is 2.27. The molecule has 1 aliphatic rings. The van der Waals surface area contributed by atoms with E-state index in [1.807, 2.05) is 36.7 Å². The van der Waals surface area contributed by atoms with Crippen molar-refractivity contribution in [3.8, 4) is 22.9 Å². The first kappa shape index (κ1) is 27.6. The summed E-state index contributed by atoms with van der Waals surface area (Å²) in [7, 11) is 1.55. The van der Waals surface area contributed by atoms with Crippen LogP contribution in [0.1, 0.15) is 24.2 Å². The Morgan fingerprint density at radius 1 is 1.10 bits per heavy atom. The molecule has 0 unspecified atom stereocenters. The Labute approximate surface area is 236 Å². The van der Waals surface area contributed by atoms with E-state index >= 15 is 0 Å². The Balaban J connectivity index is 1.47. The maximum absolute atomic E-state index is 13.6. The smallest absolute Gasteiger partial charge is 0.254 e. The largest absolute Gasteiger partial charge is 0.493 e. The molecule has 0 radical (unpaired) electrons. The fourth-order valence-electron chi connectivity index (χ4n) is 4.69. The number of aromatic nitrogens is 5. The van der Waals surface area contributed by atoms with Gasteiger partial charge in [0.25, 0.3) is 5.91 Å². The van der Waals surface area contributed by atoms with Crippen LogP contribution in [0.4, 0.5) is 0 Å². The monoisotopic (exact) mass is 560 g/mol. The molecule has 214 valence electrons. The molecule has 0 aliphatic carbocycles. The lowest BCUT2D eigenvalue weighted by Crippen LogP contribution is -2.53. The summed E-state index contributed by atoms with van der Waals surface area (Å²) in [6, 6.07) is 9.64. The fourth-order valence-corrected chi connectivity index (χ4v) is 4.69. The zero-order valence-corrected chi connectivity index (χ0v) is 23.1. The van der Waals surface area contributed by atoms with Crippen LogP contribution < -0.4 is 20.1 Å². The first-order valence-electron chi connectivity index (χ1n) is 13.3. The van der Waals surface area contributed by atoms with Gasteiger partial charge < -0.3 is 29.6 Å². The van der Waals surface area contributed by atoms with Gasteiger partial charge in [0.1, 0.15) is 29.5 Å². The normalized spacial score (nSPS) is 16.9. The van der Waals surface area contributed by atoms with Gasteiger partial charge in [-0.2, -0.15) is 15.4 Å². The summed E-state index contributed by atoms with van der Waals surface area (Å²) in [5, 5.41) is 16.3. The first-order valence-corrected chi connectivity index (χ1v) is 13.3. The van der Waals surface area contributed by atoms with Crippen molar-refractivity contribution in [1.82, 2.24) is 40.5 Å². The minimum Gasteiger partial charge on any atom is -0.493 e. The van der Waals surface area contributed by atoms with Crippen LogP contribution in [0.15, 0.2) is 48.8 Å². The van der Waals surface area contributed by atoms with E-state index in [1.165, 1.54) is 4.90 Å². The number of nitrogens with zero attached hydrogens (tertiary/aromatic N) is 5. The van der Waals surface area contributed by atoms with Gasteiger partial charge in [-0.1, -0.05) is 13.8 Å². The standard InChI is InChI=1S/C28H32N8O5/c1-17(2)25-27(38)30-9-11-35-10-8-29-26(35)18-5-7-22(40-3)23(15-18)41-13-12-36(16-24(37)31-25)28(39)19-4-6-20-21(14-19)33-34-32-20/h4-8,10,14-15,17,25H,9,11-13,16H2,1-3H3,(H,30,38)(H,31,37)(H,32,33,34)/t25-/m1/s1. The van der Waals surface area contributed by atoms with Crippen molar-refractivity contribution in [2.45, 2.75) is 26.4 Å². The molecule has 5 rings (SSSR count). The van der Waals surface area contributed by atoms with Gasteiger partial charge in [0.05, 0.1) is 20.2 Å². The van der Waals surface area contributed by atoms with Crippen molar-refractivity contribution in [3.63, 3.8) is 0 Å². The Morgan fingerprint density at radius 3 is 2.73 bits per heavy atom. The topological polar surface area (TPSA) is 156 Å². The fraction of sp³-hybridized carbons (Fsp3) is 0.357. The number of fused-ring (bicyclic) bond motifs is 5. The lowest BCUT2D eigenvalue weighted by atomic mass is 10.0. The van der Waals surface area contributed by atoms with Crippen molar-refractivity contribution in [3.05, 3.63) is 54.4 Å². The molecule has 2 bridgehead atoms. The van der Waals surface area contributed by atoms with Gasteiger partial charge in [-0.05, 0) is 42.3 Å². The quantitative estimate of drug-likeness (QED) is 0.341. The van der Waals surface area contributed by atoms with E-state index < -0.39 is 11.9 Å². The zero-order valence-electron chi connectivity index (χ0n) is 23.1. The molecule has 4 aromatic rings. The molecule has 3 N–H and O–H groups in total. The molecule has 41 heavy (non-hydrogen) atoms. The molecule has 13 nitrogen and oxygen atoms in total. The molecule has 3 heterocycles. The minimum atomic E-state index is -0.778. The number of hydrogen-bond acceptors (Lipinski definition) is 8. The summed E-state index contributed by atoms with van der Waals surface area (Å²) in [6.45, 7) is 4.39. The van der Waals surface area contributed by atoms with Crippen LogP contribution in [-0.2, 0) is 16.1 Å². The van der Waals surface area contributed by atoms with Crippen LogP contribution in [0.25, 0.3) is 22.4 Å². The number of nitrogens with one attached hydrogen (secondary N) is 3. The third kappa shape index (κ3) is 6.13. The molecule has 1 aliphatic heterocycles. The third-order valence-electron chi connectivity index (χ3n) is 6.86. The van der Waals surface area contributed by atoms with E-state index in [9.17, 15) is 14.4 Å². The molecule has 0 fully saturated rings. The number of rotatable bonds is 3. The Morgan fingerprint density at radius 2 is 1.93 bits per heavy atom. The van der Waals surface area contributed by atoms with Crippen LogP contribution in [0.2, 0.25) is 0 Å². The Hall–Kier alpha value is -4.94. The second-order valence-corrected chi connectivity index (χ2v) is 9.99. The van der Waals surface area contributed by atoms with Crippen molar-refractivity contribution >= 4 is 28.8 Å². The summed E-state index contributed by atoms with van der Waals surface area (Å²) in [6.07, 6.45) is 3.53. The number of ether oxygens (including phenoxy) is 2. The maximum atomic E-state index is 13.6. The highest BCUT2D eigenvalue weighted by Crippen LogP contribution is 2.32. The van der Waals surface area contributed by atoms with Gasteiger partial charge in [-0.15, -0.1) is 0 Å². The van der Waals surface area contributed by atoms with E-state index in [2.05, 4.69) is 31.0 Å². The number of hydrogen-bond donors (Lipinski definition) is 3. The van der Waals surface area contributed by atoms with Crippen molar-refractivity contribution < 1.29 is 23.9 Å². The molecule has 13 heteroatoms. The summed E-state index contributed by atoms with van der Waals surface area (Å²) in [5.74, 6) is 0.353. The van der Waals surface area contributed by atoms with Gasteiger partial charge in [0.15, 0.2) is 11.5 Å². The highest BCUT2D eigenvalue weighted by atomic mass is 16.5. The molecule has 0 saturated heterocycles. The van der Waals surface area contributed by atoms with Gasteiger partial charge in [-0.3, -0.25) is 14.4 Å². The lowest BCUT2D eigenvalue weighted by Gasteiger charge is -2.26. The molecular weight excluding hydrogens is 528 g/mol. The molecule has 2 aromatic carbocycles. The lowest BCUT2D eigenvalue weighted by molar-refractivity contribution is -0.130. The van der Waals surface area contributed by atoms with Crippen LogP contribution in [0, 0.1) is 5.92 Å². The number of imidazole rings is 1. The van der Waals surface area contributed by atoms with E-state index in [-0.39, 0.29) is 37.4 Å². The highest BCUT2D eigenvalue weighted by molar-refractivity contribution is 5.99. The molecule has 0 spiro atoms. The van der Waals surface area contributed by atoms with Gasteiger partial charge >= 0.3 is 0 Å². The molecule has 1 atom stereocenters. The third-order valence-corrected chi connectivity index (χ3v) is 6.86. The number of carbonyl (C=O) groups excluding carboxylic acids is 3. The minimum absolute atomic E-state index is 0.0770. The number of amides is 3. The zero-order chi connectivity index (χ0) is 28.9. The van der Waals surface area contributed by atoms with Gasteiger partial charge in [0, 0.05) is 36.6 Å². The number of benzene rings is 2. The number of carbonyl (C=O) groups is 3. The SMILES string of the molecule is COc1ccc2cc1OCCN(C(=O)c1ccc3n[nH]nc3c1)CC(=O)N[C@H](C(C)C)C(=O)NCCn1ccnc1-2. The van der Waals surface area contributed by atoms with Crippen molar-refractivity contribution in [1.29, 1.82) is 0 Å². The van der Waals surface area contributed by atoms with E-state index in [0.717, 1.165) is 5.56 Å². The van der Waals surface area contributed by atoms with Gasteiger partial charge in [-0.25, -0.2) is 4.98 Å². The molecule has 2 aromatic heterocycles. The number of methoxy groups -OCH3 is 1. The predicted molar refractivity (Wildman–Crippen MR) is 149 cm³/mol. The van der Waals surface area contributed by atoms with Crippen LogP contribution in [-0.4, -0.2) is 87.0 Å². The van der Waals surface area contributed by atoms with E-state index in [0.29, 0.717) is 47.0 Å². The summed E-state index contributed by atoms with van der Waals surface area (Å²) in [5.41, 5.74) is 2.28. The van der Waals surface area contributed by atoms with Gasteiger partial charge in [0.2, 0.25) is 11.8 Å². The second kappa shape index (κ2) is 12.1. The van der Waals surface area contributed by atoms with Crippen molar-refractivity contribution in [2.24, 2.45) is 5.92 Å². The predicted octanol–water partition coefficient (Wildman–Crippen LogP) is 1.62. The summed E-state index contributed by atoms with van der Waals surface area (Å²) in [4.78, 5) is 45.7. The average Bonchev–Trinajstić information content (AvgIpc) is 3.63. The van der Waals surface area contributed by atoms with Crippen LogP contribution in [0.3, 0.4) is 0 Å². The average molecular weight is 561 g/mol. The van der Waals surface area contributed by atoms with E-state index in [4.69, 9.17) is 9.47 Å². The second-order valence-electron chi connectivity index (χ2n) is 9.99. The summed E-state index contributed by atoms with van der Waals surface area (Å²) < 4.78 is 13.5. The van der Waals surface area contributed by atoms with Crippen LogP contribution >= 0.6 is 0 Å². The number of aromatic amines is 1. The molecule has 0 saturated carbocycles. The Kier molecular flexibility index (Phi) is 8.13. The molecule has 3 amide bonds. The molecular formula is C28H32N8O5. The van der Waals surface area contributed by atoms with Crippen LogP contribution in [0.5, 0.6) is 11.5 Å². The van der Waals surface area contributed by atoms with Crippen molar-refractivity contribution in [2.75, 3.05) is 33.4 Å². The Bertz CT molecular complexity index is 1560.